The Morgan fingerprint density at radius 2 is 1.67 bits per heavy atom. The molecule has 0 aliphatic rings. The Bertz CT molecular complexity index is 1220. The summed E-state index contributed by atoms with van der Waals surface area (Å²) in [6.45, 7) is 2.03. The highest BCUT2D eigenvalue weighted by atomic mass is 35.5. The number of aliphatic hydroxyl groups excluding tert-OH is 1. The number of urea groups is 1. The highest BCUT2D eigenvalue weighted by molar-refractivity contribution is 6.30. The molecule has 33 heavy (non-hydrogen) atoms. The molecule has 4 rings (SSSR count). The maximum atomic E-state index is 12.2. The topological polar surface area (TPSA) is 117 Å². The van der Waals surface area contributed by atoms with Gasteiger partial charge in [0, 0.05) is 47.1 Å². The first kappa shape index (κ1) is 22.3. The van der Waals surface area contributed by atoms with Crippen LogP contribution in [-0.4, -0.2) is 43.3 Å². The van der Waals surface area contributed by atoms with E-state index in [9.17, 15) is 9.90 Å². The van der Waals surface area contributed by atoms with Gasteiger partial charge in [-0.3, -0.25) is 4.57 Å². The van der Waals surface area contributed by atoms with E-state index in [4.69, 9.17) is 11.6 Å². The molecule has 0 unspecified atom stereocenters. The van der Waals surface area contributed by atoms with Gasteiger partial charge >= 0.3 is 6.03 Å². The number of hydrogen-bond acceptors (Lipinski definition) is 6. The van der Waals surface area contributed by atoms with Crippen molar-refractivity contribution in [2.45, 2.75) is 13.0 Å². The molecule has 168 valence electrons. The first-order valence-electron chi connectivity index (χ1n) is 10.2. The number of imidazole rings is 1. The van der Waals surface area contributed by atoms with Crippen molar-refractivity contribution in [1.29, 1.82) is 0 Å². The van der Waals surface area contributed by atoms with Gasteiger partial charge in [-0.25, -0.2) is 14.8 Å². The van der Waals surface area contributed by atoms with Gasteiger partial charge in [0.1, 0.15) is 11.6 Å². The van der Waals surface area contributed by atoms with E-state index < -0.39 is 6.10 Å². The molecule has 0 spiro atoms. The number of aromatic nitrogens is 4. The highest BCUT2D eigenvalue weighted by Crippen LogP contribution is 2.23. The van der Waals surface area contributed by atoms with Crippen LogP contribution in [0.3, 0.4) is 0 Å². The maximum Gasteiger partial charge on any atom is 0.323 e. The second-order valence-electron chi connectivity index (χ2n) is 7.25. The van der Waals surface area contributed by atoms with E-state index in [1.807, 2.05) is 22.9 Å². The van der Waals surface area contributed by atoms with Gasteiger partial charge in [-0.05, 0) is 61.5 Å². The molecule has 0 aliphatic carbocycles. The van der Waals surface area contributed by atoms with Crippen LogP contribution in [0.25, 0.3) is 17.2 Å². The third-order valence-corrected chi connectivity index (χ3v) is 4.84. The zero-order valence-corrected chi connectivity index (χ0v) is 18.5. The molecule has 9 nitrogen and oxygen atoms in total. The lowest BCUT2D eigenvalue weighted by atomic mass is 10.2. The fourth-order valence-electron chi connectivity index (χ4n) is 3.04. The Hall–Kier alpha value is -3.95. The average Bonchev–Trinajstić information content (AvgIpc) is 3.30. The number of carbonyl (C=O) groups excluding carboxylic acids is 1. The summed E-state index contributed by atoms with van der Waals surface area (Å²) in [6.07, 6.45) is 4.62. The third-order valence-electron chi connectivity index (χ3n) is 4.59. The molecule has 4 N–H and O–H groups in total. The number of halogens is 1. The fraction of sp³-hybridized carbons (Fsp3) is 0.130. The highest BCUT2D eigenvalue weighted by Gasteiger charge is 2.11. The third kappa shape index (κ3) is 5.85. The first-order valence-corrected chi connectivity index (χ1v) is 10.6. The Morgan fingerprint density at radius 3 is 2.33 bits per heavy atom. The number of hydrogen-bond donors (Lipinski definition) is 4. The SMILES string of the molecule is C[C@H](O)CNc1nccc(-n2ccnc2-c2ccc(NC(=O)Nc3ccc(Cl)cc3)cc2)n1. The summed E-state index contributed by atoms with van der Waals surface area (Å²) in [5, 5.41) is 18.6. The van der Waals surface area contributed by atoms with Crippen LogP contribution in [0.5, 0.6) is 0 Å². The number of nitrogens with zero attached hydrogens (tertiary/aromatic N) is 4. The predicted octanol–water partition coefficient (Wildman–Crippen LogP) is 4.42. The summed E-state index contributed by atoms with van der Waals surface area (Å²) in [6, 6.07) is 15.6. The van der Waals surface area contributed by atoms with E-state index in [1.54, 1.807) is 61.8 Å². The molecule has 0 aliphatic heterocycles. The first-order chi connectivity index (χ1) is 16.0. The van der Waals surface area contributed by atoms with Crippen molar-refractivity contribution in [3.05, 3.63) is 78.2 Å². The second kappa shape index (κ2) is 10.1. The molecule has 1 atom stereocenters. The fourth-order valence-corrected chi connectivity index (χ4v) is 3.16. The van der Waals surface area contributed by atoms with Crippen LogP contribution in [0, 0.1) is 0 Å². The molecule has 2 aromatic heterocycles. The lowest BCUT2D eigenvalue weighted by molar-refractivity contribution is 0.208. The summed E-state index contributed by atoms with van der Waals surface area (Å²) in [7, 11) is 0. The van der Waals surface area contributed by atoms with Gasteiger partial charge in [-0.2, -0.15) is 4.98 Å². The summed E-state index contributed by atoms with van der Waals surface area (Å²) in [4.78, 5) is 25.4. The second-order valence-corrected chi connectivity index (χ2v) is 7.69. The van der Waals surface area contributed by atoms with Crippen molar-refractivity contribution in [3.8, 4) is 17.2 Å². The minimum atomic E-state index is -0.513. The van der Waals surface area contributed by atoms with Crippen molar-refractivity contribution in [2.24, 2.45) is 0 Å². The van der Waals surface area contributed by atoms with Gasteiger partial charge in [0.15, 0.2) is 0 Å². The lowest BCUT2D eigenvalue weighted by Gasteiger charge is -2.11. The van der Waals surface area contributed by atoms with Crippen molar-refractivity contribution < 1.29 is 9.90 Å². The molecule has 2 aromatic carbocycles. The Labute approximate surface area is 195 Å². The van der Waals surface area contributed by atoms with Gasteiger partial charge in [-0.15, -0.1) is 0 Å². The van der Waals surface area contributed by atoms with E-state index in [0.29, 0.717) is 40.5 Å². The van der Waals surface area contributed by atoms with Crippen LogP contribution in [0.1, 0.15) is 6.92 Å². The molecular weight excluding hydrogens is 442 g/mol. The molecule has 0 fully saturated rings. The van der Waals surface area contributed by atoms with Crippen LogP contribution in [0.4, 0.5) is 22.1 Å². The van der Waals surface area contributed by atoms with E-state index in [1.165, 1.54) is 0 Å². The number of benzene rings is 2. The van der Waals surface area contributed by atoms with Crippen LogP contribution in [0.15, 0.2) is 73.2 Å². The van der Waals surface area contributed by atoms with Crippen LogP contribution >= 0.6 is 11.6 Å². The Morgan fingerprint density at radius 1 is 1.00 bits per heavy atom. The monoisotopic (exact) mass is 463 g/mol. The number of amides is 2. The normalized spacial score (nSPS) is 11.6. The zero-order chi connectivity index (χ0) is 23.2. The number of nitrogens with one attached hydrogen (secondary N) is 3. The van der Waals surface area contributed by atoms with E-state index in [-0.39, 0.29) is 6.03 Å². The lowest BCUT2D eigenvalue weighted by Crippen LogP contribution is -2.19. The van der Waals surface area contributed by atoms with E-state index in [2.05, 4.69) is 30.9 Å². The molecule has 0 saturated carbocycles. The molecular formula is C23H22ClN7O2. The standard InChI is InChI=1S/C23H22ClN7O2/c1-15(32)14-27-22-26-11-10-20(30-22)31-13-12-25-21(31)16-2-6-18(7-3-16)28-23(33)29-19-8-4-17(24)5-9-19/h2-13,15,32H,14H2,1H3,(H,26,27,30)(H2,28,29,33)/t15-/m0/s1. The Balaban J connectivity index is 1.46. The molecule has 2 amide bonds. The van der Waals surface area contributed by atoms with Crippen LogP contribution in [-0.2, 0) is 0 Å². The average molecular weight is 464 g/mol. The van der Waals surface area contributed by atoms with Crippen molar-refractivity contribution in [2.75, 3.05) is 22.5 Å². The minimum absolute atomic E-state index is 0.348. The Kier molecular flexibility index (Phi) is 6.82. The van der Waals surface area contributed by atoms with E-state index in [0.717, 1.165) is 5.56 Å². The van der Waals surface area contributed by atoms with Gasteiger partial charge in [-0.1, -0.05) is 11.6 Å². The van der Waals surface area contributed by atoms with Crippen molar-refractivity contribution >= 4 is 35.0 Å². The van der Waals surface area contributed by atoms with Gasteiger partial charge < -0.3 is 21.1 Å². The maximum absolute atomic E-state index is 12.2. The summed E-state index contributed by atoms with van der Waals surface area (Å²) in [5.41, 5.74) is 2.12. The van der Waals surface area contributed by atoms with Gasteiger partial charge in [0.2, 0.25) is 5.95 Å². The molecule has 0 saturated heterocycles. The molecule has 4 aromatic rings. The number of anilines is 3. The predicted molar refractivity (Wildman–Crippen MR) is 129 cm³/mol. The largest absolute Gasteiger partial charge is 0.392 e. The van der Waals surface area contributed by atoms with Crippen molar-refractivity contribution in [1.82, 2.24) is 19.5 Å². The molecule has 10 heteroatoms. The molecule has 0 bridgehead atoms. The van der Waals surface area contributed by atoms with Gasteiger partial charge in [0.25, 0.3) is 0 Å². The number of aliphatic hydroxyl groups is 1. The van der Waals surface area contributed by atoms with Crippen molar-refractivity contribution in [3.63, 3.8) is 0 Å². The zero-order valence-electron chi connectivity index (χ0n) is 17.7. The van der Waals surface area contributed by atoms with Crippen LogP contribution in [0.2, 0.25) is 5.02 Å². The summed E-state index contributed by atoms with van der Waals surface area (Å²) in [5.74, 6) is 1.74. The molecule has 2 heterocycles. The number of carbonyl (C=O) groups is 1. The van der Waals surface area contributed by atoms with Gasteiger partial charge in [0.05, 0.1) is 6.10 Å². The summed E-state index contributed by atoms with van der Waals surface area (Å²) >= 11 is 5.86. The summed E-state index contributed by atoms with van der Waals surface area (Å²) < 4.78 is 1.84. The smallest absolute Gasteiger partial charge is 0.323 e. The molecule has 0 radical (unpaired) electrons. The minimum Gasteiger partial charge on any atom is -0.392 e. The number of rotatable bonds is 7. The van der Waals surface area contributed by atoms with E-state index >= 15 is 0 Å². The van der Waals surface area contributed by atoms with Crippen LogP contribution < -0.4 is 16.0 Å². The quantitative estimate of drug-likeness (QED) is 0.322.